The molecule has 1 atom stereocenters. The van der Waals surface area contributed by atoms with Crippen LogP contribution in [0.2, 0.25) is 0 Å². The molecule has 4 rings (SSSR count). The lowest BCUT2D eigenvalue weighted by Crippen LogP contribution is -2.46. The minimum Gasteiger partial charge on any atom is -0.477 e. The van der Waals surface area contributed by atoms with Gasteiger partial charge in [0, 0.05) is 42.6 Å². The Labute approximate surface area is 185 Å². The number of aryl methyl sites for hydroxylation is 1. The molecule has 1 unspecified atom stereocenters. The maximum absolute atomic E-state index is 15.1. The predicted octanol–water partition coefficient (Wildman–Crippen LogP) is 4.18. The van der Waals surface area contributed by atoms with Gasteiger partial charge in [0.2, 0.25) is 5.43 Å². The van der Waals surface area contributed by atoms with Crippen molar-refractivity contribution in [2.75, 3.05) is 31.6 Å². The maximum atomic E-state index is 15.1. The van der Waals surface area contributed by atoms with Crippen LogP contribution in [-0.2, 0) is 6.54 Å². The van der Waals surface area contributed by atoms with Gasteiger partial charge in [0.25, 0.3) is 0 Å². The van der Waals surface area contributed by atoms with E-state index in [1.165, 1.54) is 17.1 Å². The molecular formula is C21H21BrFN3O3S. The molecule has 6 nitrogen and oxygen atoms in total. The van der Waals surface area contributed by atoms with E-state index in [0.717, 1.165) is 10.3 Å². The molecule has 3 heterocycles. The number of piperazine rings is 1. The second-order valence-electron chi connectivity index (χ2n) is 7.37. The first kappa shape index (κ1) is 21.0. The molecule has 1 aliphatic rings. The molecule has 1 aromatic carbocycles. The number of carboxylic acids is 1. The number of hydrogen-bond donors (Lipinski definition) is 1. The van der Waals surface area contributed by atoms with Crippen molar-refractivity contribution in [1.29, 1.82) is 0 Å². The van der Waals surface area contributed by atoms with Gasteiger partial charge >= 0.3 is 5.97 Å². The number of fused-ring (bicyclic) bond motifs is 1. The van der Waals surface area contributed by atoms with Gasteiger partial charge in [-0.05, 0) is 54.2 Å². The third-order valence-corrected chi connectivity index (χ3v) is 7.36. The van der Waals surface area contributed by atoms with E-state index in [4.69, 9.17) is 0 Å². The normalized spacial score (nSPS) is 17.6. The highest BCUT2D eigenvalue weighted by Gasteiger charge is 2.29. The predicted molar refractivity (Wildman–Crippen MR) is 120 cm³/mol. The van der Waals surface area contributed by atoms with Crippen molar-refractivity contribution in [1.82, 2.24) is 9.47 Å². The van der Waals surface area contributed by atoms with Gasteiger partial charge in [0.1, 0.15) is 11.4 Å². The quantitative estimate of drug-likeness (QED) is 0.590. The zero-order chi connectivity index (χ0) is 21.6. The number of likely N-dealkylation sites (N-methyl/N-ethyl adjacent to an activating group) is 1. The molecule has 0 amide bonds. The number of benzene rings is 1. The number of thiophene rings is 1. The second-order valence-corrected chi connectivity index (χ2v) is 9.86. The minimum atomic E-state index is -1.31. The first-order valence-corrected chi connectivity index (χ1v) is 11.2. The summed E-state index contributed by atoms with van der Waals surface area (Å²) in [4.78, 5) is 29.5. The molecule has 0 aliphatic carbocycles. The lowest BCUT2D eigenvalue weighted by atomic mass is 10.1. The smallest absolute Gasteiger partial charge is 0.341 e. The molecule has 1 saturated heterocycles. The fourth-order valence-electron chi connectivity index (χ4n) is 3.96. The number of carboxylic acid groups (broad SMARTS) is 1. The van der Waals surface area contributed by atoms with Crippen LogP contribution in [0.15, 0.2) is 39.0 Å². The van der Waals surface area contributed by atoms with E-state index in [-0.39, 0.29) is 17.0 Å². The second kappa shape index (κ2) is 8.13. The van der Waals surface area contributed by atoms with Crippen LogP contribution < -0.4 is 10.3 Å². The Hall–Kier alpha value is -2.23. The van der Waals surface area contributed by atoms with Gasteiger partial charge in [-0.2, -0.15) is 0 Å². The molecular weight excluding hydrogens is 473 g/mol. The molecule has 30 heavy (non-hydrogen) atoms. The summed E-state index contributed by atoms with van der Waals surface area (Å²) in [5, 5.41) is 9.40. The maximum Gasteiger partial charge on any atom is 0.341 e. The number of rotatable bonds is 4. The molecule has 0 spiro atoms. The summed E-state index contributed by atoms with van der Waals surface area (Å²) in [6.07, 6.45) is 1.34. The Morgan fingerprint density at radius 3 is 2.73 bits per heavy atom. The minimum absolute atomic E-state index is 0.0888. The number of aromatic nitrogens is 1. The average molecular weight is 494 g/mol. The fourth-order valence-corrected chi connectivity index (χ4v) is 5.54. The number of aromatic carboxylic acids is 1. The Kier molecular flexibility index (Phi) is 5.69. The number of nitrogens with zero attached hydrogens (tertiary/aromatic N) is 3. The fraction of sp³-hybridized carbons (Fsp3) is 0.333. The number of anilines is 1. The zero-order valence-electron chi connectivity index (χ0n) is 16.6. The summed E-state index contributed by atoms with van der Waals surface area (Å²) in [5.41, 5.74) is -0.0362. The molecule has 1 aliphatic heterocycles. The van der Waals surface area contributed by atoms with Crippen LogP contribution in [0.5, 0.6) is 0 Å². The van der Waals surface area contributed by atoms with Crippen LogP contribution in [0.3, 0.4) is 0 Å². The van der Waals surface area contributed by atoms with Crippen molar-refractivity contribution in [2.24, 2.45) is 0 Å². The van der Waals surface area contributed by atoms with Crippen LogP contribution in [0.1, 0.15) is 28.2 Å². The van der Waals surface area contributed by atoms with Gasteiger partial charge in [-0.25, -0.2) is 9.18 Å². The molecule has 1 fully saturated rings. The topological polar surface area (TPSA) is 65.8 Å². The average Bonchev–Trinajstić information content (AvgIpc) is 3.14. The van der Waals surface area contributed by atoms with Crippen molar-refractivity contribution >= 4 is 49.8 Å². The third kappa shape index (κ3) is 3.66. The van der Waals surface area contributed by atoms with Gasteiger partial charge < -0.3 is 14.6 Å². The van der Waals surface area contributed by atoms with Gasteiger partial charge in [0.15, 0.2) is 0 Å². The van der Waals surface area contributed by atoms with Crippen molar-refractivity contribution in [3.63, 3.8) is 0 Å². The number of halogens is 2. The van der Waals surface area contributed by atoms with Crippen molar-refractivity contribution in [3.8, 4) is 0 Å². The highest BCUT2D eigenvalue weighted by atomic mass is 79.9. The third-order valence-electron chi connectivity index (χ3n) is 5.63. The van der Waals surface area contributed by atoms with Crippen LogP contribution in [0.25, 0.3) is 10.9 Å². The molecule has 3 aromatic rings. The molecule has 9 heteroatoms. The summed E-state index contributed by atoms with van der Waals surface area (Å²) in [6.45, 7) is 4.38. The van der Waals surface area contributed by atoms with Gasteiger partial charge in [-0.15, -0.1) is 11.3 Å². The van der Waals surface area contributed by atoms with Gasteiger partial charge in [-0.1, -0.05) is 0 Å². The van der Waals surface area contributed by atoms with E-state index in [0.29, 0.717) is 30.8 Å². The zero-order valence-corrected chi connectivity index (χ0v) is 19.0. The molecule has 0 bridgehead atoms. The van der Waals surface area contributed by atoms with Crippen LogP contribution in [0, 0.1) is 5.82 Å². The Bertz CT molecular complexity index is 1190. The van der Waals surface area contributed by atoms with Gasteiger partial charge in [-0.3, -0.25) is 9.69 Å². The van der Waals surface area contributed by atoms with E-state index in [2.05, 4.69) is 33.9 Å². The SMILES string of the molecule is CCn1cc(C(=O)O)c(=O)c2cc(F)c(N3CCN(C)C(c4ccc(Br)s4)C3)cc21. The largest absolute Gasteiger partial charge is 0.477 e. The molecule has 0 radical (unpaired) electrons. The summed E-state index contributed by atoms with van der Waals surface area (Å²) in [5.74, 6) is -1.82. The van der Waals surface area contributed by atoms with Gasteiger partial charge in [0.05, 0.1) is 21.0 Å². The first-order chi connectivity index (χ1) is 14.3. The first-order valence-electron chi connectivity index (χ1n) is 9.60. The standard InChI is InChI=1S/C21H21BrFN3O3S/c1-3-25-10-13(21(28)29)20(27)12-8-14(23)16(9-15(12)25)26-7-6-24(2)17(11-26)18-4-5-19(22)30-18/h4-5,8-10,17H,3,6-7,11H2,1-2H3,(H,28,29). The lowest BCUT2D eigenvalue weighted by molar-refractivity contribution is 0.0695. The van der Waals surface area contributed by atoms with Crippen LogP contribution in [0.4, 0.5) is 10.1 Å². The van der Waals surface area contributed by atoms with E-state index >= 15 is 4.39 Å². The van der Waals surface area contributed by atoms with Crippen LogP contribution in [-0.4, -0.2) is 47.2 Å². The summed E-state index contributed by atoms with van der Waals surface area (Å²) < 4.78 is 17.9. The summed E-state index contributed by atoms with van der Waals surface area (Å²) in [7, 11) is 2.06. The van der Waals surface area contributed by atoms with Crippen molar-refractivity contribution in [2.45, 2.75) is 19.5 Å². The van der Waals surface area contributed by atoms with E-state index in [9.17, 15) is 14.7 Å². The molecule has 2 aromatic heterocycles. The monoisotopic (exact) mass is 493 g/mol. The van der Waals surface area contributed by atoms with E-state index in [1.54, 1.807) is 22.0 Å². The Morgan fingerprint density at radius 1 is 1.33 bits per heavy atom. The number of carbonyl (C=O) groups is 1. The Balaban J connectivity index is 1.79. The van der Waals surface area contributed by atoms with E-state index in [1.807, 2.05) is 17.9 Å². The number of pyridine rings is 1. The van der Waals surface area contributed by atoms with Crippen molar-refractivity contribution < 1.29 is 14.3 Å². The summed E-state index contributed by atoms with van der Waals surface area (Å²) in [6, 6.07) is 7.09. The summed E-state index contributed by atoms with van der Waals surface area (Å²) >= 11 is 5.18. The Morgan fingerprint density at radius 2 is 2.10 bits per heavy atom. The van der Waals surface area contributed by atoms with Crippen molar-refractivity contribution in [3.05, 3.63) is 60.7 Å². The molecule has 1 N–H and O–H groups in total. The molecule has 0 saturated carbocycles. The van der Waals surface area contributed by atoms with Crippen LogP contribution >= 0.6 is 27.3 Å². The highest BCUT2D eigenvalue weighted by molar-refractivity contribution is 9.11. The van der Waals surface area contributed by atoms with E-state index < -0.39 is 17.2 Å². The molecule has 158 valence electrons. The lowest BCUT2D eigenvalue weighted by Gasteiger charge is -2.40. The number of hydrogen-bond acceptors (Lipinski definition) is 5. The highest BCUT2D eigenvalue weighted by Crippen LogP contribution is 2.35.